The molecule has 3 heterocycles. The average molecular weight is 713 g/mol. The quantitative estimate of drug-likeness (QED) is 0.0777. The molecule has 278 valence electrons. The van der Waals surface area contributed by atoms with Crippen molar-refractivity contribution in [2.24, 2.45) is 22.2 Å². The van der Waals surface area contributed by atoms with Crippen molar-refractivity contribution in [3.05, 3.63) is 87.6 Å². The van der Waals surface area contributed by atoms with Crippen molar-refractivity contribution in [1.82, 2.24) is 19.9 Å². The van der Waals surface area contributed by atoms with E-state index in [4.69, 9.17) is 21.9 Å². The van der Waals surface area contributed by atoms with Gasteiger partial charge in [0.1, 0.15) is 11.4 Å². The molecule has 5 rings (SSSR count). The van der Waals surface area contributed by atoms with Gasteiger partial charge in [0.25, 0.3) is 0 Å². The lowest BCUT2D eigenvalue weighted by Gasteiger charge is -2.23. The molecule has 8 N–H and O–H groups in total. The first-order valence-electron chi connectivity index (χ1n) is 17.1. The summed E-state index contributed by atoms with van der Waals surface area (Å²) in [6, 6.07) is 14.7. The van der Waals surface area contributed by atoms with Crippen LogP contribution >= 0.6 is 0 Å². The zero-order chi connectivity index (χ0) is 37.6. The first-order valence-corrected chi connectivity index (χ1v) is 17.1. The smallest absolute Gasteiger partial charge is 0.406 e. The van der Waals surface area contributed by atoms with Crippen molar-refractivity contribution in [2.75, 3.05) is 19.6 Å². The Bertz CT molecular complexity index is 1830. The summed E-state index contributed by atoms with van der Waals surface area (Å²) in [7, 11) is 0. The first-order chi connectivity index (χ1) is 23.8. The van der Waals surface area contributed by atoms with E-state index in [1.807, 2.05) is 57.3 Å². The number of nitrogens with two attached hydrogens (primary N) is 3. The Morgan fingerprint density at radius 1 is 1.04 bits per heavy atom. The Balaban J connectivity index is 0.000000238. The number of ether oxygens (including phenoxy) is 2. The molecule has 2 atom stereocenters. The minimum Gasteiger partial charge on any atom is -0.406 e. The second-order valence-electron chi connectivity index (χ2n) is 14.8. The molecule has 0 spiro atoms. The number of aromatic nitrogens is 3. The van der Waals surface area contributed by atoms with Crippen LogP contribution in [0.15, 0.2) is 64.5 Å². The lowest BCUT2D eigenvalue weighted by Crippen LogP contribution is -2.23. The van der Waals surface area contributed by atoms with Crippen LogP contribution in [0.3, 0.4) is 0 Å². The molecule has 51 heavy (non-hydrogen) atoms. The Morgan fingerprint density at radius 2 is 1.75 bits per heavy atom. The van der Waals surface area contributed by atoms with Crippen molar-refractivity contribution < 1.29 is 22.6 Å². The molecular weight excluding hydrogens is 661 g/mol. The molecule has 2 aromatic carbocycles. The predicted octanol–water partition coefficient (Wildman–Crippen LogP) is 5.83. The Morgan fingerprint density at radius 3 is 2.33 bits per heavy atom. The number of halogens is 3. The van der Waals surface area contributed by atoms with Crippen LogP contribution in [0.1, 0.15) is 89.3 Å². The van der Waals surface area contributed by atoms with E-state index in [-0.39, 0.29) is 40.4 Å². The van der Waals surface area contributed by atoms with E-state index in [1.165, 1.54) is 12.1 Å². The van der Waals surface area contributed by atoms with Gasteiger partial charge in [-0.05, 0) is 78.2 Å². The van der Waals surface area contributed by atoms with Gasteiger partial charge in [-0.15, -0.1) is 13.2 Å². The maximum Gasteiger partial charge on any atom is 0.573 e. The van der Waals surface area contributed by atoms with E-state index in [1.54, 1.807) is 4.57 Å². The number of alkyl halides is 3. The number of H-pyrrole nitrogens is 1. The molecule has 1 saturated heterocycles. The Labute approximate surface area is 296 Å². The van der Waals surface area contributed by atoms with Gasteiger partial charge in [-0.25, -0.2) is 4.79 Å². The van der Waals surface area contributed by atoms with E-state index in [0.717, 1.165) is 60.2 Å². The van der Waals surface area contributed by atoms with E-state index in [2.05, 4.69) is 51.9 Å². The van der Waals surface area contributed by atoms with Crippen LogP contribution in [0.25, 0.3) is 16.7 Å². The highest BCUT2D eigenvalue weighted by Gasteiger charge is 2.33. The molecule has 0 saturated carbocycles. The maximum atomic E-state index is 12.5. The molecular formula is C37H51F3N8O3. The fraction of sp³-hybridized carbons (Fsp3) is 0.486. The number of hydrogen-bond donors (Lipinski definition) is 5. The molecule has 1 aliphatic rings. The number of hydrogen-bond acceptors (Lipinski definition) is 7. The molecule has 1 fully saturated rings. The van der Waals surface area contributed by atoms with E-state index in [9.17, 15) is 18.0 Å². The zero-order valence-corrected chi connectivity index (χ0v) is 30.2. The van der Waals surface area contributed by atoms with Crippen molar-refractivity contribution in [2.45, 2.75) is 96.7 Å². The van der Waals surface area contributed by atoms with Crippen LogP contribution in [0.5, 0.6) is 5.75 Å². The predicted molar refractivity (Wildman–Crippen MR) is 195 cm³/mol. The van der Waals surface area contributed by atoms with Crippen molar-refractivity contribution in [1.29, 1.82) is 0 Å². The van der Waals surface area contributed by atoms with Crippen LogP contribution in [0.2, 0.25) is 0 Å². The Hall–Kier alpha value is -4.40. The average Bonchev–Trinajstić information content (AvgIpc) is 3.69. The number of guanidine groups is 1. The number of aliphatic imine (C=N–C) groups is 1. The molecule has 0 bridgehead atoms. The van der Waals surface area contributed by atoms with Gasteiger partial charge in [-0.1, -0.05) is 59.7 Å². The van der Waals surface area contributed by atoms with Gasteiger partial charge in [0.05, 0.1) is 17.9 Å². The summed E-state index contributed by atoms with van der Waals surface area (Å²) in [5, 5.41) is 4.27. The van der Waals surface area contributed by atoms with E-state index < -0.39 is 6.36 Å². The van der Waals surface area contributed by atoms with Crippen molar-refractivity contribution >= 4 is 17.0 Å². The summed E-state index contributed by atoms with van der Waals surface area (Å²) in [5.74, 6) is -0.0764. The van der Waals surface area contributed by atoms with E-state index in [0.29, 0.717) is 24.3 Å². The normalized spacial score (nSPS) is 16.5. The van der Waals surface area contributed by atoms with Gasteiger partial charge < -0.3 is 37.0 Å². The summed E-state index contributed by atoms with van der Waals surface area (Å²) in [4.78, 5) is 23.9. The number of rotatable bonds is 10. The summed E-state index contributed by atoms with van der Waals surface area (Å²) >= 11 is 0. The van der Waals surface area contributed by atoms with Gasteiger partial charge in [0.15, 0.2) is 5.96 Å². The number of aromatic amines is 1. The van der Waals surface area contributed by atoms with Gasteiger partial charge in [0.2, 0.25) is 0 Å². The van der Waals surface area contributed by atoms with Crippen LogP contribution in [0.4, 0.5) is 13.2 Å². The lowest BCUT2D eigenvalue weighted by molar-refractivity contribution is -0.274. The summed E-state index contributed by atoms with van der Waals surface area (Å²) in [6.45, 7) is 14.8. The summed E-state index contributed by atoms with van der Waals surface area (Å²) in [6.07, 6.45) is -0.694. The monoisotopic (exact) mass is 712 g/mol. The number of benzene rings is 2. The molecule has 1 unspecified atom stereocenters. The first kappa shape index (κ1) is 39.4. The summed E-state index contributed by atoms with van der Waals surface area (Å²) < 4.78 is 49.1. The fourth-order valence-corrected chi connectivity index (χ4v) is 5.56. The molecule has 0 amide bonds. The molecule has 0 radical (unpaired) electrons. The maximum absolute atomic E-state index is 12.5. The van der Waals surface area contributed by atoms with Crippen LogP contribution in [-0.2, 0) is 22.1 Å². The van der Waals surface area contributed by atoms with Gasteiger partial charge in [-0.3, -0.25) is 9.56 Å². The molecule has 4 aromatic rings. The minimum atomic E-state index is -4.70. The van der Waals surface area contributed by atoms with Gasteiger partial charge in [-0.2, -0.15) is 4.98 Å². The number of fused-ring (bicyclic) bond motifs is 1. The van der Waals surface area contributed by atoms with Crippen LogP contribution in [0, 0.1) is 0 Å². The zero-order valence-electron chi connectivity index (χ0n) is 30.2. The second kappa shape index (κ2) is 16.3. The highest BCUT2D eigenvalue weighted by molar-refractivity contribution is 5.76. The van der Waals surface area contributed by atoms with Crippen molar-refractivity contribution in [3.8, 4) is 11.4 Å². The molecule has 11 nitrogen and oxygen atoms in total. The third-order valence-corrected chi connectivity index (χ3v) is 8.44. The Kier molecular flexibility index (Phi) is 12.6. The molecule has 0 aliphatic carbocycles. The SMILES string of the molecule is CC(C)(C)c1cc(OC(F)(F)F)cc(C2CC[C@H](CN)O2)c1.CC(C)(C)c1cc2cn(-c3ccc(CNCCCN=C(N)N)cc3)c(=O)nc2[nH]1. The van der Waals surface area contributed by atoms with Gasteiger partial charge in [0, 0.05) is 42.3 Å². The highest BCUT2D eigenvalue weighted by atomic mass is 19.4. The third kappa shape index (κ3) is 11.6. The molecule has 1 aliphatic heterocycles. The van der Waals surface area contributed by atoms with E-state index >= 15 is 0 Å². The second-order valence-corrected chi connectivity index (χ2v) is 14.8. The standard InChI is InChI=1S/C21H29N7O.C16H22F3NO2/c1-21(2,3)17-11-15-13-28(20(29)27-18(15)26-17)16-7-5-14(6-8-16)12-24-9-4-10-25-19(22)23;1-15(2,3)11-6-10(14-5-4-12(9-20)21-14)7-13(8-11)22-16(17,18)19/h5-8,11,13,24H,4,9-10,12H2,1-3H3,(H4,22,23,25)(H,26,27,29);6-8,12,14H,4-5,9,20H2,1-3H3/t;12-,14?/m.1/s1. The van der Waals surface area contributed by atoms with Crippen LogP contribution < -0.4 is 32.9 Å². The fourth-order valence-electron chi connectivity index (χ4n) is 5.56. The van der Waals surface area contributed by atoms with Crippen LogP contribution in [-0.4, -0.2) is 52.6 Å². The highest BCUT2D eigenvalue weighted by Crippen LogP contribution is 2.38. The third-order valence-electron chi connectivity index (χ3n) is 8.44. The van der Waals surface area contributed by atoms with Gasteiger partial charge >= 0.3 is 12.1 Å². The molecule has 2 aromatic heterocycles. The number of nitrogens with zero attached hydrogens (tertiary/aromatic N) is 3. The largest absolute Gasteiger partial charge is 0.573 e. The molecule has 14 heteroatoms. The summed E-state index contributed by atoms with van der Waals surface area (Å²) in [5.41, 5.74) is 20.7. The number of nitrogens with one attached hydrogen (secondary N) is 2. The lowest BCUT2D eigenvalue weighted by atomic mass is 9.85. The van der Waals surface area contributed by atoms with Crippen molar-refractivity contribution in [3.63, 3.8) is 0 Å². The minimum absolute atomic E-state index is 0.0322. The topological polar surface area (TPSA) is 172 Å².